The summed E-state index contributed by atoms with van der Waals surface area (Å²) in [6, 6.07) is -0.228. The Morgan fingerprint density at radius 3 is 2.95 bits per heavy atom. The molecule has 1 heterocycles. The number of rotatable bonds is 4. The van der Waals surface area contributed by atoms with Gasteiger partial charge in [0.1, 0.15) is 0 Å². The zero-order chi connectivity index (χ0) is 13.9. The van der Waals surface area contributed by atoms with Crippen molar-refractivity contribution in [3.05, 3.63) is 0 Å². The summed E-state index contributed by atoms with van der Waals surface area (Å²) in [5, 5.41) is 15.4. The lowest BCUT2D eigenvalue weighted by Crippen LogP contribution is -2.50. The normalized spacial score (nSPS) is 35.0. The fourth-order valence-electron chi connectivity index (χ4n) is 2.88. The molecule has 1 saturated heterocycles. The fourth-order valence-corrected chi connectivity index (χ4v) is 2.88. The van der Waals surface area contributed by atoms with Gasteiger partial charge in [0.25, 0.3) is 0 Å². The molecule has 108 valence electrons. The van der Waals surface area contributed by atoms with Crippen LogP contribution in [0.2, 0.25) is 0 Å². The van der Waals surface area contributed by atoms with Crippen LogP contribution in [0.5, 0.6) is 0 Å². The van der Waals surface area contributed by atoms with Gasteiger partial charge < -0.3 is 20.5 Å². The predicted octanol–water partition coefficient (Wildman–Crippen LogP) is 0.125. The second-order valence-corrected chi connectivity index (χ2v) is 5.67. The van der Waals surface area contributed by atoms with Crippen LogP contribution < -0.4 is 10.6 Å². The van der Waals surface area contributed by atoms with Gasteiger partial charge in [-0.1, -0.05) is 6.42 Å². The molecule has 0 bridgehead atoms. The number of hydrogen-bond acceptors (Lipinski definition) is 4. The van der Waals surface area contributed by atoms with Gasteiger partial charge in [-0.2, -0.15) is 0 Å². The maximum Gasteiger partial charge on any atom is 0.311 e. The molecule has 2 aliphatic rings. The molecule has 6 heteroatoms. The van der Waals surface area contributed by atoms with Gasteiger partial charge in [-0.15, -0.1) is 0 Å². The summed E-state index contributed by atoms with van der Waals surface area (Å²) in [5.41, 5.74) is -0.827. The number of carbonyl (C=O) groups excluding carboxylic acids is 1. The molecule has 6 nitrogen and oxygen atoms in total. The number of amides is 1. The minimum Gasteiger partial charge on any atom is -0.481 e. The van der Waals surface area contributed by atoms with Crippen molar-refractivity contribution in [1.82, 2.24) is 10.6 Å². The van der Waals surface area contributed by atoms with Gasteiger partial charge in [-0.05, 0) is 19.8 Å². The second kappa shape index (κ2) is 5.88. The van der Waals surface area contributed by atoms with Gasteiger partial charge >= 0.3 is 5.97 Å². The molecule has 3 unspecified atom stereocenters. The number of aliphatic carboxylic acids is 1. The first-order valence-corrected chi connectivity index (χ1v) is 6.86. The summed E-state index contributed by atoms with van der Waals surface area (Å²) < 4.78 is 5.30. The van der Waals surface area contributed by atoms with Crippen molar-refractivity contribution in [3.63, 3.8) is 0 Å². The highest BCUT2D eigenvalue weighted by Crippen LogP contribution is 2.38. The summed E-state index contributed by atoms with van der Waals surface area (Å²) in [7, 11) is 0. The molecule has 1 amide bonds. The molecule has 0 aromatic carbocycles. The predicted molar refractivity (Wildman–Crippen MR) is 68.8 cm³/mol. The molecule has 1 saturated carbocycles. The maximum atomic E-state index is 12.0. The Kier molecular flexibility index (Phi) is 4.42. The number of carboxylic acids is 1. The van der Waals surface area contributed by atoms with Crippen molar-refractivity contribution >= 4 is 11.9 Å². The summed E-state index contributed by atoms with van der Waals surface area (Å²) in [4.78, 5) is 23.3. The lowest BCUT2D eigenvalue weighted by atomic mass is 9.85. The first kappa shape index (κ1) is 14.3. The highest BCUT2D eigenvalue weighted by molar-refractivity contribution is 5.80. The van der Waals surface area contributed by atoms with E-state index in [1.54, 1.807) is 6.92 Å². The molecule has 0 radical (unpaired) electrons. The zero-order valence-corrected chi connectivity index (χ0v) is 11.3. The van der Waals surface area contributed by atoms with Crippen LogP contribution >= 0.6 is 0 Å². The van der Waals surface area contributed by atoms with E-state index in [9.17, 15) is 14.7 Å². The minimum absolute atomic E-state index is 0.0336. The van der Waals surface area contributed by atoms with Crippen LogP contribution in [0.1, 0.15) is 32.6 Å². The van der Waals surface area contributed by atoms with Crippen LogP contribution in [0.15, 0.2) is 0 Å². The smallest absolute Gasteiger partial charge is 0.311 e. The number of ether oxygens (including phenoxy) is 1. The van der Waals surface area contributed by atoms with E-state index in [0.29, 0.717) is 26.1 Å². The summed E-state index contributed by atoms with van der Waals surface area (Å²) in [6.07, 6.45) is 2.55. The van der Waals surface area contributed by atoms with Gasteiger partial charge in [-0.3, -0.25) is 9.59 Å². The number of carbonyl (C=O) groups is 2. The van der Waals surface area contributed by atoms with Crippen LogP contribution in [-0.4, -0.2) is 48.8 Å². The monoisotopic (exact) mass is 270 g/mol. The Hall–Kier alpha value is -1.14. The first-order valence-electron chi connectivity index (χ1n) is 6.86. The van der Waals surface area contributed by atoms with Crippen molar-refractivity contribution in [2.45, 2.75) is 44.7 Å². The average Bonchev–Trinajstić information content (AvgIpc) is 2.73. The Morgan fingerprint density at radius 2 is 2.32 bits per heavy atom. The number of carboxylic acid groups (broad SMARTS) is 1. The minimum atomic E-state index is -0.827. The van der Waals surface area contributed by atoms with Gasteiger partial charge in [0.05, 0.1) is 18.6 Å². The lowest BCUT2D eigenvalue weighted by molar-refractivity contribution is -0.149. The van der Waals surface area contributed by atoms with Crippen molar-refractivity contribution in [2.24, 2.45) is 5.41 Å². The van der Waals surface area contributed by atoms with Crippen LogP contribution in [0.3, 0.4) is 0 Å². The Balaban J connectivity index is 1.86. The van der Waals surface area contributed by atoms with Gasteiger partial charge in [0.2, 0.25) is 5.91 Å². The van der Waals surface area contributed by atoms with Crippen molar-refractivity contribution in [2.75, 3.05) is 19.8 Å². The van der Waals surface area contributed by atoms with Gasteiger partial charge in [-0.25, -0.2) is 0 Å². The van der Waals surface area contributed by atoms with Crippen LogP contribution in [0.25, 0.3) is 0 Å². The van der Waals surface area contributed by atoms with Crippen LogP contribution in [0, 0.1) is 5.41 Å². The van der Waals surface area contributed by atoms with Gasteiger partial charge in [0.15, 0.2) is 0 Å². The third kappa shape index (κ3) is 3.25. The quantitative estimate of drug-likeness (QED) is 0.675. The second-order valence-electron chi connectivity index (χ2n) is 5.67. The molecule has 19 heavy (non-hydrogen) atoms. The highest BCUT2D eigenvalue weighted by atomic mass is 16.5. The maximum absolute atomic E-state index is 12.0. The third-order valence-corrected chi connectivity index (χ3v) is 4.21. The summed E-state index contributed by atoms with van der Waals surface area (Å²) in [6.45, 7) is 3.69. The van der Waals surface area contributed by atoms with E-state index in [0.717, 1.165) is 19.4 Å². The Labute approximate surface area is 112 Å². The molecule has 0 aromatic rings. The molecule has 0 aromatic heterocycles. The van der Waals surface area contributed by atoms with E-state index in [1.165, 1.54) is 0 Å². The Bertz CT molecular complexity index is 355. The van der Waals surface area contributed by atoms with Crippen molar-refractivity contribution in [3.8, 4) is 0 Å². The van der Waals surface area contributed by atoms with E-state index >= 15 is 0 Å². The van der Waals surface area contributed by atoms with Crippen LogP contribution in [-0.2, 0) is 14.3 Å². The van der Waals surface area contributed by atoms with Gasteiger partial charge in [0, 0.05) is 25.0 Å². The molecular weight excluding hydrogens is 248 g/mol. The first-order chi connectivity index (χ1) is 9.02. The zero-order valence-electron chi connectivity index (χ0n) is 11.3. The molecule has 0 spiro atoms. The number of hydrogen-bond donors (Lipinski definition) is 3. The molecule has 3 N–H and O–H groups in total. The van der Waals surface area contributed by atoms with Crippen molar-refractivity contribution < 1.29 is 19.4 Å². The van der Waals surface area contributed by atoms with E-state index < -0.39 is 11.4 Å². The van der Waals surface area contributed by atoms with E-state index in [4.69, 9.17) is 4.74 Å². The standard InChI is InChI=1S/C13H22N2O4/c1-13(12(17)18)4-2-3-10(13)15-11(16)7-9-8-19-6-5-14-9/h9-10,14H,2-8H2,1H3,(H,15,16)(H,17,18). The van der Waals surface area contributed by atoms with E-state index in [2.05, 4.69) is 10.6 Å². The molecule has 2 fully saturated rings. The summed E-state index contributed by atoms with van der Waals surface area (Å²) in [5.74, 6) is -0.920. The van der Waals surface area contributed by atoms with Crippen molar-refractivity contribution in [1.29, 1.82) is 0 Å². The number of nitrogens with one attached hydrogen (secondary N) is 2. The Morgan fingerprint density at radius 1 is 1.53 bits per heavy atom. The topological polar surface area (TPSA) is 87.7 Å². The SMILES string of the molecule is CC1(C(=O)O)CCCC1NC(=O)CC1COCCN1. The average molecular weight is 270 g/mol. The fraction of sp³-hybridized carbons (Fsp3) is 0.846. The third-order valence-electron chi connectivity index (χ3n) is 4.21. The molecule has 1 aliphatic heterocycles. The summed E-state index contributed by atoms with van der Waals surface area (Å²) >= 11 is 0. The largest absolute Gasteiger partial charge is 0.481 e. The highest BCUT2D eigenvalue weighted by Gasteiger charge is 2.45. The van der Waals surface area contributed by atoms with E-state index in [1.807, 2.05) is 0 Å². The lowest BCUT2D eigenvalue weighted by Gasteiger charge is -2.29. The molecule has 1 aliphatic carbocycles. The van der Waals surface area contributed by atoms with E-state index in [-0.39, 0.29) is 18.0 Å². The molecule has 3 atom stereocenters. The molecule has 2 rings (SSSR count). The number of morpholine rings is 1. The molecular formula is C13H22N2O4. The van der Waals surface area contributed by atoms with Crippen LogP contribution in [0.4, 0.5) is 0 Å².